The average Bonchev–Trinajstić information content (AvgIpc) is 2.73. The van der Waals surface area contributed by atoms with Gasteiger partial charge in [0.25, 0.3) is 5.91 Å². The average molecular weight is 342 g/mol. The molecule has 26 heavy (non-hydrogen) atoms. The maximum Gasteiger partial charge on any atom is 0.253 e. The molecule has 0 N–H and O–H groups in total. The molecule has 0 radical (unpaired) electrons. The first-order chi connectivity index (χ1) is 12.8. The van der Waals surface area contributed by atoms with Gasteiger partial charge < -0.3 is 9.80 Å². The van der Waals surface area contributed by atoms with E-state index in [-0.39, 0.29) is 5.91 Å². The second-order valence-electron chi connectivity index (χ2n) is 6.33. The standard InChI is InChI=1S/C21H18N4O/c22-15-19-6-3-9-23-20(19)24-10-12-25(13-11-24)21(26)18-8-7-16-4-1-2-5-17(16)14-18/h1-9,14H,10-13H2. The summed E-state index contributed by atoms with van der Waals surface area (Å²) < 4.78 is 0. The Bertz CT molecular complexity index is 1000. The molecule has 1 aromatic heterocycles. The topological polar surface area (TPSA) is 60.2 Å². The predicted octanol–water partition coefficient (Wildman–Crippen LogP) is 3.07. The molecular formula is C21H18N4O. The van der Waals surface area contributed by atoms with Crippen LogP contribution in [0.4, 0.5) is 5.82 Å². The second-order valence-corrected chi connectivity index (χ2v) is 6.33. The number of piperazine rings is 1. The zero-order valence-corrected chi connectivity index (χ0v) is 14.3. The number of hydrogen-bond donors (Lipinski definition) is 0. The van der Waals surface area contributed by atoms with Crippen LogP contribution < -0.4 is 4.90 Å². The van der Waals surface area contributed by atoms with E-state index < -0.39 is 0 Å². The van der Waals surface area contributed by atoms with Gasteiger partial charge >= 0.3 is 0 Å². The molecule has 1 aliphatic heterocycles. The zero-order chi connectivity index (χ0) is 17.9. The largest absolute Gasteiger partial charge is 0.352 e. The number of nitriles is 1. The van der Waals surface area contributed by atoms with E-state index >= 15 is 0 Å². The molecule has 2 aromatic carbocycles. The molecule has 0 atom stereocenters. The molecule has 1 fully saturated rings. The van der Waals surface area contributed by atoms with Gasteiger partial charge in [-0.15, -0.1) is 0 Å². The first-order valence-corrected chi connectivity index (χ1v) is 8.64. The first kappa shape index (κ1) is 16.1. The van der Waals surface area contributed by atoms with Gasteiger partial charge in [0, 0.05) is 37.9 Å². The zero-order valence-electron chi connectivity index (χ0n) is 14.3. The van der Waals surface area contributed by atoms with Crippen LogP contribution in [0.1, 0.15) is 15.9 Å². The fraction of sp³-hybridized carbons (Fsp3) is 0.190. The van der Waals surface area contributed by atoms with Crippen LogP contribution >= 0.6 is 0 Å². The van der Waals surface area contributed by atoms with Gasteiger partial charge in [0.15, 0.2) is 0 Å². The van der Waals surface area contributed by atoms with Gasteiger partial charge in [0.1, 0.15) is 11.9 Å². The van der Waals surface area contributed by atoms with Crippen LogP contribution in [0.5, 0.6) is 0 Å². The summed E-state index contributed by atoms with van der Waals surface area (Å²) >= 11 is 0. The van der Waals surface area contributed by atoms with Crippen LogP contribution in [-0.2, 0) is 0 Å². The molecule has 1 saturated heterocycles. The van der Waals surface area contributed by atoms with E-state index in [1.807, 2.05) is 47.4 Å². The molecule has 5 heteroatoms. The smallest absolute Gasteiger partial charge is 0.253 e. The maximum absolute atomic E-state index is 12.8. The summed E-state index contributed by atoms with van der Waals surface area (Å²) in [4.78, 5) is 21.1. The predicted molar refractivity (Wildman–Crippen MR) is 101 cm³/mol. The summed E-state index contributed by atoms with van der Waals surface area (Å²) in [7, 11) is 0. The van der Waals surface area contributed by atoms with Crippen LogP contribution in [0.2, 0.25) is 0 Å². The van der Waals surface area contributed by atoms with Crippen molar-refractivity contribution in [2.75, 3.05) is 31.1 Å². The van der Waals surface area contributed by atoms with E-state index in [2.05, 4.69) is 16.0 Å². The van der Waals surface area contributed by atoms with Crippen LogP contribution in [-0.4, -0.2) is 42.0 Å². The molecule has 3 aromatic rings. The number of carbonyl (C=O) groups excluding carboxylic acids is 1. The molecule has 1 aliphatic rings. The molecule has 2 heterocycles. The van der Waals surface area contributed by atoms with Gasteiger partial charge in [-0.3, -0.25) is 4.79 Å². The fourth-order valence-electron chi connectivity index (χ4n) is 3.36. The number of rotatable bonds is 2. The number of amides is 1. The lowest BCUT2D eigenvalue weighted by atomic mass is 10.1. The maximum atomic E-state index is 12.8. The van der Waals surface area contributed by atoms with Crippen molar-refractivity contribution in [1.82, 2.24) is 9.88 Å². The third-order valence-corrected chi connectivity index (χ3v) is 4.77. The van der Waals surface area contributed by atoms with Gasteiger partial charge in [0.05, 0.1) is 5.56 Å². The number of benzene rings is 2. The Morgan fingerprint density at radius 3 is 2.50 bits per heavy atom. The van der Waals surface area contributed by atoms with E-state index in [1.165, 1.54) is 0 Å². The van der Waals surface area contributed by atoms with Crippen LogP contribution in [0.3, 0.4) is 0 Å². The number of pyridine rings is 1. The third kappa shape index (κ3) is 2.98. The molecular weight excluding hydrogens is 324 g/mol. The number of aromatic nitrogens is 1. The van der Waals surface area contributed by atoms with Crippen LogP contribution in [0.15, 0.2) is 60.8 Å². The van der Waals surface area contributed by atoms with E-state index in [0.717, 1.165) is 10.8 Å². The van der Waals surface area contributed by atoms with Crippen molar-refractivity contribution in [1.29, 1.82) is 5.26 Å². The first-order valence-electron chi connectivity index (χ1n) is 8.64. The molecule has 4 rings (SSSR count). The van der Waals surface area contributed by atoms with Crippen LogP contribution in [0, 0.1) is 11.3 Å². The molecule has 1 amide bonds. The quantitative estimate of drug-likeness (QED) is 0.718. The van der Waals surface area contributed by atoms with E-state index in [0.29, 0.717) is 43.1 Å². The Morgan fingerprint density at radius 2 is 1.73 bits per heavy atom. The van der Waals surface area contributed by atoms with Gasteiger partial charge in [0.2, 0.25) is 0 Å². The van der Waals surface area contributed by atoms with Crippen molar-refractivity contribution in [2.24, 2.45) is 0 Å². The summed E-state index contributed by atoms with van der Waals surface area (Å²) in [5.41, 5.74) is 1.29. The minimum Gasteiger partial charge on any atom is -0.352 e. The Hall–Kier alpha value is -3.39. The summed E-state index contributed by atoms with van der Waals surface area (Å²) in [5, 5.41) is 11.4. The summed E-state index contributed by atoms with van der Waals surface area (Å²) in [6, 6.07) is 19.6. The Labute approximate surface area is 152 Å². The minimum absolute atomic E-state index is 0.0527. The van der Waals surface area contributed by atoms with Crippen molar-refractivity contribution in [3.8, 4) is 6.07 Å². The van der Waals surface area contributed by atoms with Gasteiger partial charge in [-0.05, 0) is 35.0 Å². The number of fused-ring (bicyclic) bond motifs is 1. The molecule has 128 valence electrons. The molecule has 0 aliphatic carbocycles. The Kier molecular flexibility index (Phi) is 4.24. The SMILES string of the molecule is N#Cc1cccnc1N1CCN(C(=O)c2ccc3ccccc3c2)CC1. The highest BCUT2D eigenvalue weighted by molar-refractivity contribution is 5.98. The number of anilines is 1. The van der Waals surface area contributed by atoms with Crippen LogP contribution in [0.25, 0.3) is 10.8 Å². The Balaban J connectivity index is 1.48. The number of nitrogens with zero attached hydrogens (tertiary/aromatic N) is 4. The van der Waals surface area contributed by atoms with Crippen molar-refractivity contribution >= 4 is 22.5 Å². The molecule has 0 saturated carbocycles. The highest BCUT2D eigenvalue weighted by Crippen LogP contribution is 2.20. The van der Waals surface area contributed by atoms with Gasteiger partial charge in [-0.1, -0.05) is 30.3 Å². The molecule has 5 nitrogen and oxygen atoms in total. The molecule has 0 bridgehead atoms. The highest BCUT2D eigenvalue weighted by atomic mass is 16.2. The third-order valence-electron chi connectivity index (χ3n) is 4.77. The van der Waals surface area contributed by atoms with Crippen molar-refractivity contribution in [2.45, 2.75) is 0 Å². The van der Waals surface area contributed by atoms with Gasteiger partial charge in [-0.25, -0.2) is 4.98 Å². The monoisotopic (exact) mass is 342 g/mol. The van der Waals surface area contributed by atoms with E-state index in [9.17, 15) is 10.1 Å². The van der Waals surface area contributed by atoms with Crippen molar-refractivity contribution < 1.29 is 4.79 Å². The fourth-order valence-corrected chi connectivity index (χ4v) is 3.36. The molecule has 0 unspecified atom stereocenters. The lowest BCUT2D eigenvalue weighted by Gasteiger charge is -2.35. The lowest BCUT2D eigenvalue weighted by molar-refractivity contribution is 0.0746. The minimum atomic E-state index is 0.0527. The van der Waals surface area contributed by atoms with Gasteiger partial charge in [-0.2, -0.15) is 5.26 Å². The van der Waals surface area contributed by atoms with Crippen molar-refractivity contribution in [3.63, 3.8) is 0 Å². The second kappa shape index (κ2) is 6.85. The summed E-state index contributed by atoms with van der Waals surface area (Å²) in [5.74, 6) is 0.754. The normalized spacial score (nSPS) is 14.3. The van der Waals surface area contributed by atoms with Crippen molar-refractivity contribution in [3.05, 3.63) is 71.9 Å². The highest BCUT2D eigenvalue weighted by Gasteiger charge is 2.24. The summed E-state index contributed by atoms with van der Waals surface area (Å²) in [6.07, 6.45) is 1.70. The van der Waals surface area contributed by atoms with E-state index in [4.69, 9.17) is 0 Å². The number of hydrogen-bond acceptors (Lipinski definition) is 4. The number of carbonyl (C=O) groups is 1. The lowest BCUT2D eigenvalue weighted by Crippen LogP contribution is -2.49. The van der Waals surface area contributed by atoms with E-state index in [1.54, 1.807) is 18.3 Å². The Morgan fingerprint density at radius 1 is 0.962 bits per heavy atom. The summed E-state index contributed by atoms with van der Waals surface area (Å²) in [6.45, 7) is 2.58. The molecule has 0 spiro atoms.